The minimum atomic E-state index is -0.365. The summed E-state index contributed by atoms with van der Waals surface area (Å²) in [6, 6.07) is 3.36. The van der Waals surface area contributed by atoms with Crippen LogP contribution in [0.5, 0.6) is 5.88 Å². The van der Waals surface area contributed by atoms with Gasteiger partial charge in [0.2, 0.25) is 5.88 Å². The molecule has 0 radical (unpaired) electrons. The van der Waals surface area contributed by atoms with Crippen molar-refractivity contribution in [3.63, 3.8) is 0 Å². The molecule has 0 aliphatic rings. The number of ether oxygens (including phenoxy) is 1. The number of thiazole rings is 1. The number of halogens is 2. The smallest absolute Gasteiger partial charge is 0.264 e. The van der Waals surface area contributed by atoms with Crippen molar-refractivity contribution in [3.05, 3.63) is 33.9 Å². The van der Waals surface area contributed by atoms with Crippen LogP contribution in [-0.2, 0) is 7.05 Å². The first-order valence-corrected chi connectivity index (χ1v) is 7.70. The molecule has 0 unspecified atom stereocenters. The number of carbonyl (C=O) groups excluding carboxylic acids is 1. The third-order valence-electron chi connectivity index (χ3n) is 2.90. The summed E-state index contributed by atoms with van der Waals surface area (Å²) in [5.74, 6) is -0.117. The highest BCUT2D eigenvalue weighted by Gasteiger charge is 2.19. The van der Waals surface area contributed by atoms with E-state index >= 15 is 0 Å². The van der Waals surface area contributed by atoms with Crippen LogP contribution in [0.25, 0.3) is 10.2 Å². The molecule has 0 saturated carbocycles. The lowest BCUT2D eigenvalue weighted by Crippen LogP contribution is -2.12. The maximum Gasteiger partial charge on any atom is 0.264 e. The van der Waals surface area contributed by atoms with Crippen LogP contribution >= 0.6 is 34.5 Å². The highest BCUT2D eigenvalue weighted by atomic mass is 35.5. The summed E-state index contributed by atoms with van der Waals surface area (Å²) in [4.78, 5) is 16.6. The van der Waals surface area contributed by atoms with Gasteiger partial charge in [0.1, 0.15) is 11.1 Å². The molecule has 9 heteroatoms. The minimum absolute atomic E-state index is 0.247. The molecular formula is C13H10Cl2N4O2S. The lowest BCUT2D eigenvalue weighted by Gasteiger charge is -2.00. The number of fused-ring (bicyclic) bond motifs is 1. The number of aromatic nitrogens is 3. The quantitative estimate of drug-likeness (QED) is 0.778. The Morgan fingerprint density at radius 3 is 2.77 bits per heavy atom. The molecule has 0 fully saturated rings. The second kappa shape index (κ2) is 5.75. The lowest BCUT2D eigenvalue weighted by atomic mass is 10.3. The van der Waals surface area contributed by atoms with Gasteiger partial charge in [-0.1, -0.05) is 34.5 Å². The molecule has 1 amide bonds. The van der Waals surface area contributed by atoms with E-state index < -0.39 is 0 Å². The maximum absolute atomic E-state index is 12.3. The number of anilines is 1. The van der Waals surface area contributed by atoms with E-state index in [2.05, 4.69) is 15.4 Å². The number of benzene rings is 1. The summed E-state index contributed by atoms with van der Waals surface area (Å²) in [7, 11) is 3.16. The van der Waals surface area contributed by atoms with Crippen LogP contribution in [0.3, 0.4) is 0 Å². The van der Waals surface area contributed by atoms with Gasteiger partial charge in [-0.2, -0.15) is 0 Å². The molecule has 22 heavy (non-hydrogen) atoms. The Hall–Kier alpha value is -1.83. The SMILES string of the molecule is COc1nn(C)cc1C(=O)Nc1nc2c(Cl)ccc(Cl)c2s1. The molecule has 1 N–H and O–H groups in total. The standard InChI is InChI=1S/C13H10Cl2N4O2S/c1-19-5-6(12(18-19)21-2)11(20)17-13-16-9-7(14)3-4-8(15)10(9)22-13/h3-5H,1-2H3,(H,16,17,20). The second-order valence-corrected chi connectivity index (χ2v) is 6.22. The lowest BCUT2D eigenvalue weighted by molar-refractivity contribution is 0.102. The molecule has 3 aromatic rings. The van der Waals surface area contributed by atoms with E-state index in [0.29, 0.717) is 26.3 Å². The predicted octanol–water partition coefficient (Wildman–Crippen LogP) is 3.60. The zero-order valence-corrected chi connectivity index (χ0v) is 13.9. The van der Waals surface area contributed by atoms with Crippen molar-refractivity contribution in [2.45, 2.75) is 0 Å². The summed E-state index contributed by atoms with van der Waals surface area (Å²) in [6.07, 6.45) is 1.57. The summed E-state index contributed by atoms with van der Waals surface area (Å²) in [5, 5.41) is 8.17. The van der Waals surface area contributed by atoms with Gasteiger partial charge in [0.05, 0.1) is 21.9 Å². The fraction of sp³-hybridized carbons (Fsp3) is 0.154. The van der Waals surface area contributed by atoms with Crippen LogP contribution in [0.1, 0.15) is 10.4 Å². The summed E-state index contributed by atoms with van der Waals surface area (Å²) in [5.41, 5.74) is 0.883. The molecule has 2 aromatic heterocycles. The number of amides is 1. The summed E-state index contributed by atoms with van der Waals surface area (Å²) >= 11 is 13.5. The van der Waals surface area contributed by atoms with Gasteiger partial charge in [0.25, 0.3) is 5.91 Å². The molecule has 0 saturated heterocycles. The Labute approximate surface area is 139 Å². The molecule has 0 aliphatic carbocycles. The van der Waals surface area contributed by atoms with Crippen molar-refractivity contribution in [1.82, 2.24) is 14.8 Å². The zero-order chi connectivity index (χ0) is 15.9. The van der Waals surface area contributed by atoms with Gasteiger partial charge in [-0.25, -0.2) is 4.98 Å². The molecule has 0 spiro atoms. The predicted molar refractivity (Wildman–Crippen MR) is 87.4 cm³/mol. The second-order valence-electron chi connectivity index (χ2n) is 4.41. The monoisotopic (exact) mass is 356 g/mol. The zero-order valence-electron chi connectivity index (χ0n) is 11.6. The highest BCUT2D eigenvalue weighted by molar-refractivity contribution is 7.23. The van der Waals surface area contributed by atoms with Gasteiger partial charge in [-0.15, -0.1) is 5.10 Å². The highest BCUT2D eigenvalue weighted by Crippen LogP contribution is 2.36. The third-order valence-corrected chi connectivity index (χ3v) is 4.64. The average Bonchev–Trinajstić information content (AvgIpc) is 3.07. The molecule has 6 nitrogen and oxygen atoms in total. The fourth-order valence-corrected chi connectivity index (χ4v) is 3.35. The maximum atomic E-state index is 12.3. The first-order valence-electron chi connectivity index (χ1n) is 6.13. The number of nitrogens with one attached hydrogen (secondary N) is 1. The van der Waals surface area contributed by atoms with E-state index in [1.807, 2.05) is 0 Å². The van der Waals surface area contributed by atoms with Crippen molar-refractivity contribution in [1.29, 1.82) is 0 Å². The normalized spacial score (nSPS) is 10.9. The van der Waals surface area contributed by atoms with Gasteiger partial charge >= 0.3 is 0 Å². The molecule has 0 aliphatic heterocycles. The van der Waals surface area contributed by atoms with E-state index in [0.717, 1.165) is 4.70 Å². The van der Waals surface area contributed by atoms with E-state index in [4.69, 9.17) is 27.9 Å². The van der Waals surface area contributed by atoms with Crippen LogP contribution in [-0.4, -0.2) is 27.8 Å². The van der Waals surface area contributed by atoms with Gasteiger partial charge in [0, 0.05) is 13.2 Å². The Kier molecular flexibility index (Phi) is 3.94. The van der Waals surface area contributed by atoms with Gasteiger partial charge in [-0.3, -0.25) is 14.8 Å². The topological polar surface area (TPSA) is 69.0 Å². The molecular weight excluding hydrogens is 347 g/mol. The summed E-state index contributed by atoms with van der Waals surface area (Å²) < 4.78 is 7.29. The van der Waals surface area contributed by atoms with E-state index in [1.165, 1.54) is 23.1 Å². The molecule has 114 valence electrons. The van der Waals surface area contributed by atoms with Crippen molar-refractivity contribution < 1.29 is 9.53 Å². The molecule has 2 heterocycles. The molecule has 3 rings (SSSR count). The number of hydrogen-bond donors (Lipinski definition) is 1. The van der Waals surface area contributed by atoms with Crippen LogP contribution in [0.2, 0.25) is 10.0 Å². The Bertz CT molecular complexity index is 835. The number of hydrogen-bond acceptors (Lipinski definition) is 5. The average molecular weight is 357 g/mol. The van der Waals surface area contributed by atoms with E-state index in [-0.39, 0.29) is 11.8 Å². The fourth-order valence-electron chi connectivity index (χ4n) is 1.94. The number of aryl methyl sites for hydroxylation is 1. The van der Waals surface area contributed by atoms with Crippen molar-refractivity contribution in [3.8, 4) is 5.88 Å². The van der Waals surface area contributed by atoms with Crippen LogP contribution < -0.4 is 10.1 Å². The van der Waals surface area contributed by atoms with Gasteiger partial charge < -0.3 is 4.74 Å². The number of methoxy groups -OCH3 is 1. The molecule has 0 bridgehead atoms. The Morgan fingerprint density at radius 1 is 1.36 bits per heavy atom. The Morgan fingerprint density at radius 2 is 2.09 bits per heavy atom. The number of nitrogens with zero attached hydrogens (tertiary/aromatic N) is 3. The number of rotatable bonds is 3. The van der Waals surface area contributed by atoms with Crippen molar-refractivity contribution in [2.24, 2.45) is 7.05 Å². The van der Waals surface area contributed by atoms with Crippen molar-refractivity contribution >= 4 is 55.8 Å². The van der Waals surface area contributed by atoms with Crippen LogP contribution in [0.15, 0.2) is 18.3 Å². The van der Waals surface area contributed by atoms with Gasteiger partial charge in [0.15, 0.2) is 5.13 Å². The largest absolute Gasteiger partial charge is 0.479 e. The third kappa shape index (κ3) is 2.63. The van der Waals surface area contributed by atoms with E-state index in [9.17, 15) is 4.79 Å². The first kappa shape index (κ1) is 15.1. The molecule has 0 atom stereocenters. The van der Waals surface area contributed by atoms with Gasteiger partial charge in [-0.05, 0) is 12.1 Å². The molecule has 1 aromatic carbocycles. The minimum Gasteiger partial charge on any atom is -0.479 e. The van der Waals surface area contributed by atoms with Crippen LogP contribution in [0, 0.1) is 0 Å². The number of carbonyl (C=O) groups is 1. The van der Waals surface area contributed by atoms with Crippen molar-refractivity contribution in [2.75, 3.05) is 12.4 Å². The van der Waals surface area contributed by atoms with Crippen LogP contribution in [0.4, 0.5) is 5.13 Å². The first-order chi connectivity index (χ1) is 10.5. The summed E-state index contributed by atoms with van der Waals surface area (Å²) in [6.45, 7) is 0. The van der Waals surface area contributed by atoms with E-state index in [1.54, 1.807) is 25.4 Å². The Balaban J connectivity index is 1.94.